The minimum atomic E-state index is -0.481. The molecule has 0 aliphatic rings. The molecule has 3 rings (SSSR count). The molecule has 1 unspecified atom stereocenters. The minimum Gasteiger partial charge on any atom is -0.380 e. The van der Waals surface area contributed by atoms with Gasteiger partial charge in [-0.3, -0.25) is 20.2 Å². The zero-order valence-corrected chi connectivity index (χ0v) is 16.2. The van der Waals surface area contributed by atoms with E-state index in [9.17, 15) is 4.79 Å². The molecule has 0 aliphatic carbocycles. The van der Waals surface area contributed by atoms with Gasteiger partial charge in [-0.25, -0.2) is 0 Å². The lowest BCUT2D eigenvalue weighted by Crippen LogP contribution is -2.25. The van der Waals surface area contributed by atoms with E-state index in [0.717, 1.165) is 0 Å². The van der Waals surface area contributed by atoms with E-state index in [2.05, 4.69) is 20.5 Å². The molecule has 3 N–H and O–H groups in total. The number of carbonyl (C=O) groups is 1. The van der Waals surface area contributed by atoms with Gasteiger partial charge in [0.05, 0.1) is 21.8 Å². The lowest BCUT2D eigenvalue weighted by molar-refractivity contribution is 0.0968. The monoisotopic (exact) mass is 413 g/mol. The number of ketones is 1. The van der Waals surface area contributed by atoms with E-state index >= 15 is 0 Å². The number of aromatic nitrogens is 2. The summed E-state index contributed by atoms with van der Waals surface area (Å²) in [6.45, 7) is 0. The number of benzene rings is 1. The first kappa shape index (κ1) is 19.8. The third-order valence-corrected chi connectivity index (χ3v) is 4.68. The summed E-state index contributed by atoms with van der Waals surface area (Å²) in [6, 6.07) is 15.1. The topological polar surface area (TPSA) is 93.3 Å². The quantitative estimate of drug-likeness (QED) is 0.264. The number of hydrogen-bond acceptors (Lipinski definition) is 5. The molecule has 142 valence electrons. The van der Waals surface area contributed by atoms with Gasteiger partial charge in [-0.15, -0.1) is 0 Å². The molecular formula is C20H17Cl2N5O. The van der Waals surface area contributed by atoms with E-state index in [4.69, 9.17) is 28.9 Å². The maximum Gasteiger partial charge on any atom is 0.169 e. The summed E-state index contributed by atoms with van der Waals surface area (Å²) in [5.41, 5.74) is 10.6. The number of hydrazone groups is 1. The van der Waals surface area contributed by atoms with Gasteiger partial charge in [0.15, 0.2) is 11.6 Å². The minimum absolute atomic E-state index is 0.105. The molecule has 0 amide bonds. The zero-order valence-electron chi connectivity index (χ0n) is 14.7. The predicted octanol–water partition coefficient (Wildman–Crippen LogP) is 4.01. The number of halogens is 2. The van der Waals surface area contributed by atoms with Gasteiger partial charge >= 0.3 is 0 Å². The van der Waals surface area contributed by atoms with Gasteiger partial charge in [0.25, 0.3) is 0 Å². The van der Waals surface area contributed by atoms with Crippen molar-refractivity contribution in [1.29, 1.82) is 0 Å². The highest BCUT2D eigenvalue weighted by Crippen LogP contribution is 2.25. The van der Waals surface area contributed by atoms with Crippen LogP contribution in [-0.4, -0.2) is 21.6 Å². The average Bonchev–Trinajstić information content (AvgIpc) is 2.74. The summed E-state index contributed by atoms with van der Waals surface area (Å²) in [5.74, 6) is 0.0804. The molecular weight excluding hydrogens is 397 g/mol. The van der Waals surface area contributed by atoms with Gasteiger partial charge in [0.1, 0.15) is 5.69 Å². The van der Waals surface area contributed by atoms with Crippen LogP contribution in [0.2, 0.25) is 10.0 Å². The number of pyridine rings is 2. The Kier molecular flexibility index (Phi) is 6.57. The Labute approximate surface area is 172 Å². The van der Waals surface area contributed by atoms with E-state index in [1.165, 1.54) is 0 Å². The fourth-order valence-corrected chi connectivity index (χ4v) is 2.79. The van der Waals surface area contributed by atoms with Crippen LogP contribution in [-0.2, 0) is 0 Å². The second kappa shape index (κ2) is 9.30. The van der Waals surface area contributed by atoms with Crippen molar-refractivity contribution in [2.24, 2.45) is 10.8 Å². The van der Waals surface area contributed by atoms with Crippen molar-refractivity contribution >= 4 is 34.8 Å². The van der Waals surface area contributed by atoms with Crippen molar-refractivity contribution in [3.8, 4) is 0 Å². The third kappa shape index (κ3) is 5.06. The van der Waals surface area contributed by atoms with Crippen molar-refractivity contribution in [3.63, 3.8) is 0 Å². The molecule has 0 radical (unpaired) electrons. The summed E-state index contributed by atoms with van der Waals surface area (Å²) in [5, 5.41) is 4.91. The van der Waals surface area contributed by atoms with E-state index in [-0.39, 0.29) is 18.0 Å². The standard InChI is InChI=1S/C20H17Cl2N5O/c21-14-8-7-13(11-15(14)22)19(28)12-18(16-5-1-3-9-24-16)26-27-20(23)17-6-2-4-10-25-17/h1-11,18,26H,12H2,(H2,23,27). The van der Waals surface area contributed by atoms with Crippen LogP contribution in [0.1, 0.15) is 34.2 Å². The molecule has 1 atom stereocenters. The van der Waals surface area contributed by atoms with Gasteiger partial charge in [0.2, 0.25) is 0 Å². The van der Waals surface area contributed by atoms with Gasteiger partial charge in [-0.1, -0.05) is 35.3 Å². The number of nitrogens with zero attached hydrogens (tertiary/aromatic N) is 3. The number of nitrogens with two attached hydrogens (primary N) is 1. The largest absolute Gasteiger partial charge is 0.380 e. The van der Waals surface area contributed by atoms with Gasteiger partial charge in [-0.05, 0) is 42.5 Å². The van der Waals surface area contributed by atoms with Crippen LogP contribution < -0.4 is 11.2 Å². The molecule has 3 aromatic rings. The summed E-state index contributed by atoms with van der Waals surface area (Å²) in [6.07, 6.45) is 3.38. The van der Waals surface area contributed by atoms with Crippen molar-refractivity contribution in [3.05, 3.63) is 94.0 Å². The highest BCUT2D eigenvalue weighted by atomic mass is 35.5. The number of rotatable bonds is 7. The molecule has 8 heteroatoms. The lowest BCUT2D eigenvalue weighted by atomic mass is 10.0. The fourth-order valence-electron chi connectivity index (χ4n) is 2.49. The van der Waals surface area contributed by atoms with Crippen LogP contribution in [0.15, 0.2) is 72.1 Å². The maximum atomic E-state index is 12.7. The number of hydrogen-bond donors (Lipinski definition) is 2. The molecule has 0 saturated carbocycles. The third-order valence-electron chi connectivity index (χ3n) is 3.94. The highest BCUT2D eigenvalue weighted by molar-refractivity contribution is 6.42. The van der Waals surface area contributed by atoms with E-state index in [1.54, 1.807) is 48.8 Å². The van der Waals surface area contributed by atoms with Crippen LogP contribution >= 0.6 is 23.2 Å². The highest BCUT2D eigenvalue weighted by Gasteiger charge is 2.19. The van der Waals surface area contributed by atoms with Crippen LogP contribution in [0.4, 0.5) is 0 Å². The number of amidine groups is 1. The molecule has 0 aliphatic heterocycles. The Hall–Kier alpha value is -2.96. The van der Waals surface area contributed by atoms with Crippen LogP contribution in [0.25, 0.3) is 0 Å². The van der Waals surface area contributed by atoms with Crippen LogP contribution in [0.3, 0.4) is 0 Å². The molecule has 6 nitrogen and oxygen atoms in total. The molecule has 0 fully saturated rings. The first-order valence-corrected chi connectivity index (χ1v) is 9.19. The molecule has 2 heterocycles. The summed E-state index contributed by atoms with van der Waals surface area (Å²) in [4.78, 5) is 21.2. The smallest absolute Gasteiger partial charge is 0.169 e. The summed E-state index contributed by atoms with van der Waals surface area (Å²) in [7, 11) is 0. The zero-order chi connectivity index (χ0) is 19.9. The lowest BCUT2D eigenvalue weighted by Gasteiger charge is -2.16. The van der Waals surface area contributed by atoms with Gasteiger partial charge < -0.3 is 5.73 Å². The predicted molar refractivity (Wildman–Crippen MR) is 110 cm³/mol. The van der Waals surface area contributed by atoms with Crippen molar-refractivity contribution < 1.29 is 4.79 Å². The van der Waals surface area contributed by atoms with Gasteiger partial charge in [0, 0.05) is 24.4 Å². The van der Waals surface area contributed by atoms with Crippen LogP contribution in [0, 0.1) is 0 Å². The van der Waals surface area contributed by atoms with Crippen molar-refractivity contribution in [1.82, 2.24) is 15.4 Å². The number of Topliss-reactive ketones (excluding diaryl/α,β-unsaturated/α-hetero) is 1. The number of nitrogens with one attached hydrogen (secondary N) is 1. The average molecular weight is 414 g/mol. The Bertz CT molecular complexity index is 980. The molecule has 2 aromatic heterocycles. The Balaban J connectivity index is 1.81. The van der Waals surface area contributed by atoms with Crippen LogP contribution in [0.5, 0.6) is 0 Å². The Morgan fingerprint density at radius 1 is 1.04 bits per heavy atom. The Morgan fingerprint density at radius 2 is 1.79 bits per heavy atom. The number of carbonyl (C=O) groups excluding carboxylic acids is 1. The first-order valence-electron chi connectivity index (χ1n) is 8.44. The van der Waals surface area contributed by atoms with E-state index in [1.807, 2.05) is 18.2 Å². The van der Waals surface area contributed by atoms with Crippen molar-refractivity contribution in [2.75, 3.05) is 0 Å². The second-order valence-electron chi connectivity index (χ2n) is 5.90. The second-order valence-corrected chi connectivity index (χ2v) is 6.72. The van der Waals surface area contributed by atoms with Crippen molar-refractivity contribution in [2.45, 2.75) is 12.5 Å². The molecule has 0 saturated heterocycles. The molecule has 28 heavy (non-hydrogen) atoms. The molecule has 0 bridgehead atoms. The van der Waals surface area contributed by atoms with E-state index in [0.29, 0.717) is 27.0 Å². The molecule has 1 aromatic carbocycles. The fraction of sp³-hybridized carbons (Fsp3) is 0.100. The van der Waals surface area contributed by atoms with Gasteiger partial charge in [-0.2, -0.15) is 5.10 Å². The summed E-state index contributed by atoms with van der Waals surface area (Å²) >= 11 is 12.0. The van der Waals surface area contributed by atoms with E-state index < -0.39 is 6.04 Å². The summed E-state index contributed by atoms with van der Waals surface area (Å²) < 4.78 is 0. The maximum absolute atomic E-state index is 12.7. The normalized spacial score (nSPS) is 12.4. The first-order chi connectivity index (χ1) is 13.5. The molecule has 0 spiro atoms. The Morgan fingerprint density at radius 3 is 2.43 bits per heavy atom. The SMILES string of the molecule is N/C(=N\NC(CC(=O)c1ccc(Cl)c(Cl)c1)c1ccccn1)c1ccccn1.